The molecular weight excluding hydrogens is 372 g/mol. The molecule has 156 valence electrons. The van der Waals surface area contributed by atoms with Gasteiger partial charge >= 0.3 is 0 Å². The minimum atomic E-state index is -0.398. The lowest BCUT2D eigenvalue weighted by Gasteiger charge is -2.17. The predicted octanol–water partition coefficient (Wildman–Crippen LogP) is 2.93. The van der Waals surface area contributed by atoms with Gasteiger partial charge in [-0.1, -0.05) is 30.3 Å². The molecule has 29 heavy (non-hydrogen) atoms. The van der Waals surface area contributed by atoms with Crippen LogP contribution in [0.15, 0.2) is 42.5 Å². The summed E-state index contributed by atoms with van der Waals surface area (Å²) >= 11 is 0. The van der Waals surface area contributed by atoms with E-state index in [0.717, 1.165) is 5.56 Å². The summed E-state index contributed by atoms with van der Waals surface area (Å²) in [5.41, 5.74) is 1.32. The molecule has 0 aliphatic carbocycles. The highest BCUT2D eigenvalue weighted by molar-refractivity contribution is 5.97. The van der Waals surface area contributed by atoms with Gasteiger partial charge < -0.3 is 24.8 Å². The van der Waals surface area contributed by atoms with Gasteiger partial charge in [-0.2, -0.15) is 0 Å². The Kier molecular flexibility index (Phi) is 8.82. The van der Waals surface area contributed by atoms with Crippen LogP contribution in [0, 0.1) is 0 Å². The fourth-order valence-corrected chi connectivity index (χ4v) is 2.64. The SMILES string of the molecule is CCOc1cc(C(=O)NCC(=O)NCc2ccccc2)cc(OCC)c1OCC. The summed E-state index contributed by atoms with van der Waals surface area (Å²) in [6.45, 7) is 7.10. The number of hydrogen-bond donors (Lipinski definition) is 2. The van der Waals surface area contributed by atoms with Crippen LogP contribution in [0.5, 0.6) is 17.2 Å². The first-order chi connectivity index (χ1) is 14.1. The van der Waals surface area contributed by atoms with Gasteiger partial charge in [0.05, 0.1) is 26.4 Å². The first-order valence-electron chi connectivity index (χ1n) is 9.74. The zero-order valence-electron chi connectivity index (χ0n) is 17.1. The van der Waals surface area contributed by atoms with E-state index in [1.54, 1.807) is 12.1 Å². The summed E-state index contributed by atoms with van der Waals surface area (Å²) in [5.74, 6) is 0.652. The Hall–Kier alpha value is -3.22. The Morgan fingerprint density at radius 1 is 0.828 bits per heavy atom. The second-order valence-corrected chi connectivity index (χ2v) is 6.05. The molecule has 0 atom stereocenters. The maximum atomic E-state index is 12.6. The fourth-order valence-electron chi connectivity index (χ4n) is 2.64. The van der Waals surface area contributed by atoms with Crippen LogP contribution < -0.4 is 24.8 Å². The van der Waals surface area contributed by atoms with Crippen LogP contribution in [0.1, 0.15) is 36.7 Å². The molecule has 2 rings (SSSR count). The van der Waals surface area contributed by atoms with E-state index in [0.29, 0.717) is 49.2 Å². The van der Waals surface area contributed by atoms with Crippen molar-refractivity contribution in [2.24, 2.45) is 0 Å². The lowest BCUT2D eigenvalue weighted by atomic mass is 10.1. The molecular formula is C22H28N2O5. The topological polar surface area (TPSA) is 85.9 Å². The lowest BCUT2D eigenvalue weighted by molar-refractivity contribution is -0.120. The van der Waals surface area contributed by atoms with Crippen LogP contribution in [0.4, 0.5) is 0 Å². The van der Waals surface area contributed by atoms with Crippen molar-refractivity contribution in [2.45, 2.75) is 27.3 Å². The zero-order valence-corrected chi connectivity index (χ0v) is 17.1. The van der Waals surface area contributed by atoms with Crippen molar-refractivity contribution < 1.29 is 23.8 Å². The van der Waals surface area contributed by atoms with Gasteiger partial charge in [0.2, 0.25) is 11.7 Å². The van der Waals surface area contributed by atoms with E-state index in [-0.39, 0.29) is 12.5 Å². The van der Waals surface area contributed by atoms with Crippen LogP contribution >= 0.6 is 0 Å². The van der Waals surface area contributed by atoms with Crippen LogP contribution in [0.25, 0.3) is 0 Å². The number of nitrogens with one attached hydrogen (secondary N) is 2. The van der Waals surface area contributed by atoms with Crippen molar-refractivity contribution in [3.8, 4) is 17.2 Å². The van der Waals surface area contributed by atoms with Crippen molar-refractivity contribution in [1.82, 2.24) is 10.6 Å². The summed E-state index contributed by atoms with van der Waals surface area (Å²) in [4.78, 5) is 24.6. The summed E-state index contributed by atoms with van der Waals surface area (Å²) in [6, 6.07) is 12.7. The molecule has 0 aliphatic heterocycles. The molecule has 7 heteroatoms. The maximum absolute atomic E-state index is 12.6. The van der Waals surface area contributed by atoms with Crippen LogP contribution in [-0.2, 0) is 11.3 Å². The first-order valence-corrected chi connectivity index (χ1v) is 9.74. The molecule has 2 aromatic rings. The molecule has 2 amide bonds. The highest BCUT2D eigenvalue weighted by atomic mass is 16.5. The van der Waals surface area contributed by atoms with Gasteiger partial charge in [0.15, 0.2) is 11.5 Å². The summed E-state index contributed by atoms with van der Waals surface area (Å²) in [5, 5.41) is 5.39. The van der Waals surface area contributed by atoms with E-state index in [4.69, 9.17) is 14.2 Å². The third kappa shape index (κ3) is 6.71. The van der Waals surface area contributed by atoms with Crippen LogP contribution in [0.3, 0.4) is 0 Å². The van der Waals surface area contributed by atoms with E-state index in [1.165, 1.54) is 0 Å². The molecule has 0 aromatic heterocycles. The van der Waals surface area contributed by atoms with Crippen LogP contribution in [-0.4, -0.2) is 38.2 Å². The lowest BCUT2D eigenvalue weighted by Crippen LogP contribution is -2.36. The van der Waals surface area contributed by atoms with Crippen molar-refractivity contribution >= 4 is 11.8 Å². The summed E-state index contributed by atoms with van der Waals surface area (Å²) in [7, 11) is 0. The van der Waals surface area contributed by atoms with Gasteiger partial charge in [0, 0.05) is 12.1 Å². The van der Waals surface area contributed by atoms with E-state index in [2.05, 4.69) is 10.6 Å². The number of benzene rings is 2. The Balaban J connectivity index is 2.03. The number of ether oxygens (including phenoxy) is 3. The monoisotopic (exact) mass is 400 g/mol. The fraction of sp³-hybridized carbons (Fsp3) is 0.364. The van der Waals surface area contributed by atoms with Crippen molar-refractivity contribution in [3.63, 3.8) is 0 Å². The Labute approximate surface area is 171 Å². The average molecular weight is 400 g/mol. The summed E-state index contributed by atoms with van der Waals surface area (Å²) < 4.78 is 16.9. The molecule has 0 radical (unpaired) electrons. The smallest absolute Gasteiger partial charge is 0.251 e. The molecule has 0 saturated heterocycles. The molecule has 2 N–H and O–H groups in total. The number of carbonyl (C=O) groups excluding carboxylic acids is 2. The Morgan fingerprint density at radius 2 is 1.41 bits per heavy atom. The third-order valence-corrected chi connectivity index (χ3v) is 3.91. The maximum Gasteiger partial charge on any atom is 0.251 e. The van der Waals surface area contributed by atoms with Crippen molar-refractivity contribution in [2.75, 3.05) is 26.4 Å². The Bertz CT molecular complexity index is 781. The van der Waals surface area contributed by atoms with Gasteiger partial charge in [-0.25, -0.2) is 0 Å². The quantitative estimate of drug-likeness (QED) is 0.606. The van der Waals surface area contributed by atoms with Crippen molar-refractivity contribution in [3.05, 3.63) is 53.6 Å². The second kappa shape index (κ2) is 11.6. The largest absolute Gasteiger partial charge is 0.490 e. The number of rotatable bonds is 11. The molecule has 0 unspecified atom stereocenters. The molecule has 0 saturated carbocycles. The van der Waals surface area contributed by atoms with Gasteiger partial charge in [0.1, 0.15) is 0 Å². The minimum absolute atomic E-state index is 0.132. The number of hydrogen-bond acceptors (Lipinski definition) is 5. The second-order valence-electron chi connectivity index (χ2n) is 6.05. The van der Waals surface area contributed by atoms with Gasteiger partial charge in [-0.05, 0) is 38.5 Å². The summed E-state index contributed by atoms with van der Waals surface area (Å²) in [6.07, 6.45) is 0. The van der Waals surface area contributed by atoms with E-state index in [1.807, 2.05) is 51.1 Å². The van der Waals surface area contributed by atoms with E-state index >= 15 is 0 Å². The van der Waals surface area contributed by atoms with Gasteiger partial charge in [-0.15, -0.1) is 0 Å². The van der Waals surface area contributed by atoms with E-state index in [9.17, 15) is 9.59 Å². The highest BCUT2D eigenvalue weighted by Crippen LogP contribution is 2.39. The Morgan fingerprint density at radius 3 is 1.97 bits per heavy atom. The van der Waals surface area contributed by atoms with E-state index < -0.39 is 5.91 Å². The third-order valence-electron chi connectivity index (χ3n) is 3.91. The first kappa shape index (κ1) is 22.1. The number of carbonyl (C=O) groups is 2. The predicted molar refractivity (Wildman–Crippen MR) is 111 cm³/mol. The van der Waals surface area contributed by atoms with Gasteiger partial charge in [-0.3, -0.25) is 9.59 Å². The van der Waals surface area contributed by atoms with Crippen LogP contribution in [0.2, 0.25) is 0 Å². The molecule has 7 nitrogen and oxygen atoms in total. The minimum Gasteiger partial charge on any atom is -0.490 e. The molecule has 0 heterocycles. The zero-order chi connectivity index (χ0) is 21.1. The molecule has 0 fully saturated rings. The molecule has 0 bridgehead atoms. The van der Waals surface area contributed by atoms with Gasteiger partial charge in [0.25, 0.3) is 5.91 Å². The number of amides is 2. The molecule has 0 aliphatic rings. The average Bonchev–Trinajstić information content (AvgIpc) is 2.73. The van der Waals surface area contributed by atoms with Crippen molar-refractivity contribution in [1.29, 1.82) is 0 Å². The molecule has 0 spiro atoms. The normalized spacial score (nSPS) is 10.2. The highest BCUT2D eigenvalue weighted by Gasteiger charge is 2.18. The molecule has 2 aromatic carbocycles. The standard InChI is InChI=1S/C22H28N2O5/c1-4-27-18-12-17(13-19(28-5-2)21(18)29-6-3)22(26)24-15-20(25)23-14-16-10-8-7-9-11-16/h7-13H,4-6,14-15H2,1-3H3,(H,23,25)(H,24,26).